The summed E-state index contributed by atoms with van der Waals surface area (Å²) in [5.41, 5.74) is 0.462. The van der Waals surface area contributed by atoms with Gasteiger partial charge in [0.15, 0.2) is 20.6 Å². The summed E-state index contributed by atoms with van der Waals surface area (Å²) in [6.45, 7) is 1.75. The highest BCUT2D eigenvalue weighted by atomic mass is 35.5. The summed E-state index contributed by atoms with van der Waals surface area (Å²) in [5, 5.41) is 8.92. The molecule has 1 saturated heterocycles. The topological polar surface area (TPSA) is 84.6 Å². The van der Waals surface area contributed by atoms with E-state index in [-0.39, 0.29) is 23.5 Å². The Hall–Kier alpha value is -1.03. The number of sulfone groups is 1. The van der Waals surface area contributed by atoms with Crippen LogP contribution in [0.2, 0.25) is 10.0 Å². The van der Waals surface area contributed by atoms with Gasteiger partial charge in [-0.05, 0) is 19.4 Å². The SMILES string of the molecule is C[C@@H](Sc1nnc2c(Cl)cc(Cl)cn12)C(=O)N(C)[C@@H]1CCS(=O)(=O)C1. The highest BCUT2D eigenvalue weighted by Crippen LogP contribution is 2.28. The van der Waals surface area contributed by atoms with Crippen LogP contribution >= 0.6 is 35.0 Å². The summed E-state index contributed by atoms with van der Waals surface area (Å²) >= 11 is 13.3. The van der Waals surface area contributed by atoms with Crippen molar-refractivity contribution in [2.45, 2.75) is 29.8 Å². The van der Waals surface area contributed by atoms with Crippen molar-refractivity contribution < 1.29 is 13.2 Å². The Morgan fingerprint density at radius 2 is 2.16 bits per heavy atom. The van der Waals surface area contributed by atoms with Crippen molar-refractivity contribution in [3.05, 3.63) is 22.3 Å². The van der Waals surface area contributed by atoms with Gasteiger partial charge in [-0.1, -0.05) is 35.0 Å². The van der Waals surface area contributed by atoms with Gasteiger partial charge in [0.1, 0.15) is 0 Å². The van der Waals surface area contributed by atoms with Crippen LogP contribution in [0.4, 0.5) is 0 Å². The van der Waals surface area contributed by atoms with Crippen molar-refractivity contribution in [1.29, 1.82) is 0 Å². The molecule has 1 aliphatic rings. The maximum absolute atomic E-state index is 12.6. The third-order valence-corrected chi connectivity index (χ3v) is 7.41. The molecule has 0 spiro atoms. The van der Waals surface area contributed by atoms with E-state index < -0.39 is 15.1 Å². The second-order valence-electron chi connectivity index (χ2n) is 5.95. The quantitative estimate of drug-likeness (QED) is 0.701. The van der Waals surface area contributed by atoms with Crippen molar-refractivity contribution >= 4 is 56.4 Å². The number of carbonyl (C=O) groups is 1. The number of pyridine rings is 1. The average Bonchev–Trinajstić information content (AvgIpc) is 3.09. The lowest BCUT2D eigenvalue weighted by Gasteiger charge is -2.26. The van der Waals surface area contributed by atoms with Gasteiger partial charge < -0.3 is 4.90 Å². The Balaban J connectivity index is 1.76. The van der Waals surface area contributed by atoms with Crippen LogP contribution < -0.4 is 0 Å². The molecule has 2 atom stereocenters. The number of carbonyl (C=O) groups excluding carboxylic acids is 1. The summed E-state index contributed by atoms with van der Waals surface area (Å²) in [5.74, 6) is -0.00843. The van der Waals surface area contributed by atoms with Crippen molar-refractivity contribution in [1.82, 2.24) is 19.5 Å². The van der Waals surface area contributed by atoms with Gasteiger partial charge in [-0.15, -0.1) is 10.2 Å². The largest absolute Gasteiger partial charge is 0.341 e. The Kier molecular flexibility index (Phi) is 5.21. The zero-order valence-corrected chi connectivity index (χ0v) is 16.7. The highest BCUT2D eigenvalue weighted by Gasteiger charge is 2.34. The molecule has 7 nitrogen and oxygen atoms in total. The van der Waals surface area contributed by atoms with E-state index in [1.54, 1.807) is 30.6 Å². The lowest BCUT2D eigenvalue weighted by molar-refractivity contribution is -0.130. The molecule has 2 aromatic heterocycles. The zero-order valence-electron chi connectivity index (χ0n) is 13.5. The second-order valence-corrected chi connectivity index (χ2v) is 10.3. The third-order valence-electron chi connectivity index (χ3n) is 4.13. The highest BCUT2D eigenvalue weighted by molar-refractivity contribution is 8.00. The Morgan fingerprint density at radius 3 is 2.80 bits per heavy atom. The lowest BCUT2D eigenvalue weighted by Crippen LogP contribution is -2.41. The molecule has 11 heteroatoms. The van der Waals surface area contributed by atoms with Gasteiger partial charge >= 0.3 is 0 Å². The Morgan fingerprint density at radius 1 is 1.44 bits per heavy atom. The Labute approximate surface area is 159 Å². The summed E-state index contributed by atoms with van der Waals surface area (Å²) in [6, 6.07) is 1.30. The van der Waals surface area contributed by atoms with Gasteiger partial charge in [-0.3, -0.25) is 9.20 Å². The van der Waals surface area contributed by atoms with E-state index in [0.717, 1.165) is 0 Å². The molecular weight excluding hydrogens is 407 g/mol. The predicted molar refractivity (Wildman–Crippen MR) is 98.2 cm³/mol. The van der Waals surface area contributed by atoms with Gasteiger partial charge in [0.05, 0.1) is 26.8 Å². The summed E-state index contributed by atoms with van der Waals surface area (Å²) < 4.78 is 24.9. The van der Waals surface area contributed by atoms with Gasteiger partial charge in [-0.25, -0.2) is 8.42 Å². The molecule has 0 N–H and O–H groups in total. The van der Waals surface area contributed by atoms with Crippen LogP contribution in [0.25, 0.3) is 5.65 Å². The molecule has 0 bridgehead atoms. The minimum atomic E-state index is -3.04. The standard InChI is InChI=1S/C14H16Cl2N4O3S2/c1-8(13(21)19(2)10-3-4-25(22,23)7-10)24-14-18-17-12-11(16)5-9(15)6-20(12)14/h5-6,8,10H,3-4,7H2,1-2H3/t8-,10-/m1/s1. The van der Waals surface area contributed by atoms with E-state index in [1.807, 2.05) is 0 Å². The first-order valence-electron chi connectivity index (χ1n) is 7.51. The van der Waals surface area contributed by atoms with Crippen molar-refractivity contribution in [2.75, 3.05) is 18.6 Å². The molecule has 0 aliphatic carbocycles. The second kappa shape index (κ2) is 6.94. The van der Waals surface area contributed by atoms with Crippen LogP contribution in [0, 0.1) is 0 Å². The first-order chi connectivity index (χ1) is 11.7. The first kappa shape index (κ1) is 18.8. The average molecular weight is 423 g/mol. The Bertz CT molecular complexity index is 932. The van der Waals surface area contributed by atoms with Gasteiger partial charge in [0, 0.05) is 19.3 Å². The van der Waals surface area contributed by atoms with Crippen LogP contribution in [0.5, 0.6) is 0 Å². The summed E-state index contributed by atoms with van der Waals surface area (Å²) in [7, 11) is -1.41. The van der Waals surface area contributed by atoms with E-state index in [9.17, 15) is 13.2 Å². The van der Waals surface area contributed by atoms with Crippen LogP contribution in [0.3, 0.4) is 0 Å². The molecule has 0 saturated carbocycles. The smallest absolute Gasteiger partial charge is 0.235 e. The number of hydrogen-bond acceptors (Lipinski definition) is 6. The number of nitrogens with zero attached hydrogens (tertiary/aromatic N) is 4. The number of hydrogen-bond donors (Lipinski definition) is 0. The van der Waals surface area contributed by atoms with E-state index in [1.165, 1.54) is 16.7 Å². The molecule has 1 amide bonds. The molecule has 1 fully saturated rings. The van der Waals surface area contributed by atoms with E-state index in [2.05, 4.69) is 10.2 Å². The van der Waals surface area contributed by atoms with Crippen molar-refractivity contribution in [3.63, 3.8) is 0 Å². The van der Waals surface area contributed by atoms with E-state index >= 15 is 0 Å². The fraction of sp³-hybridized carbons (Fsp3) is 0.500. The summed E-state index contributed by atoms with van der Waals surface area (Å²) in [6.07, 6.45) is 2.11. The monoisotopic (exact) mass is 422 g/mol. The number of halogens is 2. The predicted octanol–water partition coefficient (Wildman–Crippen LogP) is 2.16. The number of amides is 1. The molecule has 0 radical (unpaired) electrons. The molecule has 2 aromatic rings. The fourth-order valence-corrected chi connectivity index (χ4v) is 5.95. The summed E-state index contributed by atoms with van der Waals surface area (Å²) in [4.78, 5) is 14.2. The molecule has 3 rings (SSSR count). The molecule has 0 aromatic carbocycles. The molecule has 25 heavy (non-hydrogen) atoms. The number of aromatic nitrogens is 3. The molecule has 1 aliphatic heterocycles. The van der Waals surface area contributed by atoms with Crippen LogP contribution in [0.1, 0.15) is 13.3 Å². The van der Waals surface area contributed by atoms with Crippen LogP contribution in [-0.2, 0) is 14.6 Å². The maximum atomic E-state index is 12.6. The van der Waals surface area contributed by atoms with Gasteiger partial charge in [0.2, 0.25) is 5.91 Å². The minimum Gasteiger partial charge on any atom is -0.341 e. The normalized spacial score (nSPS) is 20.7. The fourth-order valence-electron chi connectivity index (χ4n) is 2.74. The van der Waals surface area contributed by atoms with Gasteiger partial charge in [-0.2, -0.15) is 0 Å². The molecule has 3 heterocycles. The minimum absolute atomic E-state index is 0.0195. The lowest BCUT2D eigenvalue weighted by atomic mass is 10.2. The number of fused-ring (bicyclic) bond motifs is 1. The maximum Gasteiger partial charge on any atom is 0.235 e. The van der Waals surface area contributed by atoms with Crippen molar-refractivity contribution in [2.24, 2.45) is 0 Å². The van der Waals surface area contributed by atoms with Gasteiger partial charge in [0.25, 0.3) is 0 Å². The van der Waals surface area contributed by atoms with Crippen LogP contribution in [0.15, 0.2) is 17.4 Å². The molecule has 0 unspecified atom stereocenters. The van der Waals surface area contributed by atoms with E-state index in [0.29, 0.717) is 27.3 Å². The van der Waals surface area contributed by atoms with E-state index in [4.69, 9.17) is 23.2 Å². The van der Waals surface area contributed by atoms with Crippen LogP contribution in [-0.4, -0.2) is 63.7 Å². The first-order valence-corrected chi connectivity index (χ1v) is 11.0. The van der Waals surface area contributed by atoms with Crippen molar-refractivity contribution in [3.8, 4) is 0 Å². The molecule has 136 valence electrons. The zero-order chi connectivity index (χ0) is 18.4. The third kappa shape index (κ3) is 3.89. The number of thioether (sulfide) groups is 1. The number of rotatable bonds is 4. The molecular formula is C14H16Cl2N4O3S2.